The molecule has 1 rings (SSSR count). The number of carbonyl (C=O) groups excluding carboxylic acids is 1. The Labute approximate surface area is 70.2 Å². The van der Waals surface area contributed by atoms with Gasteiger partial charge >= 0.3 is 5.97 Å². The summed E-state index contributed by atoms with van der Waals surface area (Å²) in [6.07, 6.45) is 0.612. The van der Waals surface area contributed by atoms with Gasteiger partial charge < -0.3 is 9.47 Å². The minimum absolute atomic E-state index is 0.269. The molecule has 0 saturated carbocycles. The van der Waals surface area contributed by atoms with E-state index >= 15 is 0 Å². The van der Waals surface area contributed by atoms with E-state index in [4.69, 9.17) is 4.74 Å². The third-order valence-electron chi connectivity index (χ3n) is 1.54. The monoisotopic (exact) mass is 174 g/mol. The molecule has 4 heteroatoms. The van der Waals surface area contributed by atoms with Gasteiger partial charge in [0, 0.05) is 6.92 Å². The van der Waals surface area contributed by atoms with Crippen LogP contribution in [0.25, 0.3) is 0 Å². The Hall–Kier alpha value is -0.900. The van der Waals surface area contributed by atoms with Crippen LogP contribution in [0.4, 0.5) is 4.39 Å². The van der Waals surface area contributed by atoms with Gasteiger partial charge in [0.2, 0.25) is 0 Å². The first-order valence-corrected chi connectivity index (χ1v) is 3.83. The van der Waals surface area contributed by atoms with Crippen molar-refractivity contribution in [1.82, 2.24) is 0 Å². The Kier molecular flexibility index (Phi) is 2.81. The molecule has 0 amide bonds. The lowest BCUT2D eigenvalue weighted by Crippen LogP contribution is -2.19. The summed E-state index contributed by atoms with van der Waals surface area (Å²) in [5.74, 6) is -1.06. The second kappa shape index (κ2) is 3.67. The van der Waals surface area contributed by atoms with E-state index in [9.17, 15) is 9.18 Å². The molecule has 1 unspecified atom stereocenters. The van der Waals surface area contributed by atoms with Crippen LogP contribution in [0.1, 0.15) is 20.3 Å². The summed E-state index contributed by atoms with van der Waals surface area (Å²) >= 11 is 0. The van der Waals surface area contributed by atoms with Gasteiger partial charge in [-0.15, -0.1) is 0 Å². The highest BCUT2D eigenvalue weighted by atomic mass is 19.1. The molecule has 3 nitrogen and oxygen atoms in total. The normalized spacial score (nSPS) is 28.4. The molecule has 0 fully saturated rings. The van der Waals surface area contributed by atoms with Gasteiger partial charge in [0.15, 0.2) is 5.83 Å². The van der Waals surface area contributed by atoms with Crippen LogP contribution in [0.5, 0.6) is 0 Å². The Bertz CT molecular complexity index is 212. The summed E-state index contributed by atoms with van der Waals surface area (Å²) < 4.78 is 22.4. The molecule has 0 N–H and O–H groups in total. The number of ether oxygens (including phenoxy) is 2. The first-order valence-electron chi connectivity index (χ1n) is 3.83. The molecule has 0 aromatic carbocycles. The van der Waals surface area contributed by atoms with E-state index in [2.05, 4.69) is 4.74 Å². The summed E-state index contributed by atoms with van der Waals surface area (Å²) in [5.41, 5.74) is 0. The van der Waals surface area contributed by atoms with Crippen molar-refractivity contribution in [2.24, 2.45) is 0 Å². The Balaban J connectivity index is 2.50. The summed E-state index contributed by atoms with van der Waals surface area (Å²) in [7, 11) is 0. The van der Waals surface area contributed by atoms with E-state index in [1.165, 1.54) is 13.0 Å². The van der Waals surface area contributed by atoms with Crippen molar-refractivity contribution in [2.75, 3.05) is 0 Å². The third kappa shape index (κ3) is 2.04. The summed E-state index contributed by atoms with van der Waals surface area (Å²) in [4.78, 5) is 10.4. The lowest BCUT2D eigenvalue weighted by Gasteiger charge is -2.12. The van der Waals surface area contributed by atoms with Crippen LogP contribution >= 0.6 is 0 Å². The van der Waals surface area contributed by atoms with Crippen molar-refractivity contribution >= 4 is 5.97 Å². The maximum atomic E-state index is 12.8. The standard InChI is InChI=1S/C8H11FO3/c1-3-6-4-7(9)8(12-6)11-5(2)10/h4,6,8H,3H2,1-2H3/t6-,8?/m0/s1. The molecule has 0 radical (unpaired) electrons. The second-order valence-electron chi connectivity index (χ2n) is 2.58. The highest BCUT2D eigenvalue weighted by molar-refractivity contribution is 5.66. The van der Waals surface area contributed by atoms with Crippen LogP contribution in [0, 0.1) is 0 Å². The molecule has 1 aliphatic heterocycles. The largest absolute Gasteiger partial charge is 0.429 e. The van der Waals surface area contributed by atoms with Gasteiger partial charge in [-0.1, -0.05) is 6.92 Å². The second-order valence-corrected chi connectivity index (χ2v) is 2.58. The van der Waals surface area contributed by atoms with Crippen molar-refractivity contribution in [3.63, 3.8) is 0 Å². The lowest BCUT2D eigenvalue weighted by molar-refractivity contribution is -0.171. The molecule has 0 aromatic heterocycles. The molecule has 0 bridgehead atoms. The molecule has 1 aliphatic rings. The van der Waals surface area contributed by atoms with Crippen LogP contribution < -0.4 is 0 Å². The van der Waals surface area contributed by atoms with E-state index in [0.717, 1.165) is 0 Å². The summed E-state index contributed by atoms with van der Waals surface area (Å²) in [6.45, 7) is 3.08. The molecule has 0 aromatic rings. The zero-order chi connectivity index (χ0) is 9.14. The van der Waals surface area contributed by atoms with Gasteiger partial charge in [0.1, 0.15) is 0 Å². The van der Waals surface area contributed by atoms with Crippen molar-refractivity contribution in [3.05, 3.63) is 11.9 Å². The van der Waals surface area contributed by atoms with Crippen molar-refractivity contribution in [3.8, 4) is 0 Å². The number of halogens is 1. The summed E-state index contributed by atoms with van der Waals surface area (Å²) in [5, 5.41) is 0. The average Bonchev–Trinajstić information content (AvgIpc) is 2.31. The quantitative estimate of drug-likeness (QED) is 0.595. The smallest absolute Gasteiger partial charge is 0.305 e. The number of esters is 1. The molecule has 1 heterocycles. The van der Waals surface area contributed by atoms with E-state index < -0.39 is 18.1 Å². The van der Waals surface area contributed by atoms with Crippen LogP contribution in [-0.4, -0.2) is 18.4 Å². The fourth-order valence-corrected chi connectivity index (χ4v) is 0.968. The van der Waals surface area contributed by atoms with E-state index in [1.807, 2.05) is 6.92 Å². The maximum Gasteiger partial charge on any atom is 0.305 e. The molecule has 0 aliphatic carbocycles. The van der Waals surface area contributed by atoms with Gasteiger partial charge in [0.25, 0.3) is 6.29 Å². The fourth-order valence-electron chi connectivity index (χ4n) is 0.968. The number of hydrogen-bond donors (Lipinski definition) is 0. The Morgan fingerprint density at radius 2 is 2.50 bits per heavy atom. The fraction of sp³-hybridized carbons (Fsp3) is 0.625. The molecule has 68 valence electrons. The molecule has 2 atom stereocenters. The molecular formula is C8H11FO3. The van der Waals surface area contributed by atoms with Gasteiger partial charge in [0.05, 0.1) is 6.10 Å². The average molecular weight is 174 g/mol. The highest BCUT2D eigenvalue weighted by Crippen LogP contribution is 2.23. The SMILES string of the molecule is CC[C@H]1C=C(F)C(OC(C)=O)O1. The van der Waals surface area contributed by atoms with Crippen molar-refractivity contribution in [1.29, 1.82) is 0 Å². The van der Waals surface area contributed by atoms with E-state index in [0.29, 0.717) is 6.42 Å². The van der Waals surface area contributed by atoms with Crippen LogP contribution in [0.2, 0.25) is 0 Å². The molecule has 12 heavy (non-hydrogen) atoms. The minimum Gasteiger partial charge on any atom is -0.429 e. The third-order valence-corrected chi connectivity index (χ3v) is 1.54. The van der Waals surface area contributed by atoms with E-state index in [-0.39, 0.29) is 6.10 Å². The maximum absolute atomic E-state index is 12.8. The first kappa shape index (κ1) is 9.19. The van der Waals surface area contributed by atoms with Gasteiger partial charge in [-0.2, -0.15) is 0 Å². The number of hydrogen-bond acceptors (Lipinski definition) is 3. The predicted octanol–water partition coefficient (Wildman–Crippen LogP) is 1.54. The van der Waals surface area contributed by atoms with Gasteiger partial charge in [-0.3, -0.25) is 4.79 Å². The first-order chi connectivity index (χ1) is 5.63. The predicted molar refractivity (Wildman–Crippen MR) is 39.9 cm³/mol. The van der Waals surface area contributed by atoms with Gasteiger partial charge in [-0.25, -0.2) is 4.39 Å². The molecule has 0 spiro atoms. The van der Waals surface area contributed by atoms with E-state index in [1.54, 1.807) is 0 Å². The zero-order valence-electron chi connectivity index (χ0n) is 7.04. The molecule has 0 saturated heterocycles. The van der Waals surface area contributed by atoms with Crippen molar-refractivity contribution in [2.45, 2.75) is 32.7 Å². The van der Waals surface area contributed by atoms with Crippen LogP contribution in [0.15, 0.2) is 11.9 Å². The topological polar surface area (TPSA) is 35.5 Å². The van der Waals surface area contributed by atoms with Gasteiger partial charge in [-0.05, 0) is 12.5 Å². The number of carbonyl (C=O) groups is 1. The Morgan fingerprint density at radius 3 is 2.92 bits per heavy atom. The number of rotatable bonds is 2. The van der Waals surface area contributed by atoms with Crippen LogP contribution in [-0.2, 0) is 14.3 Å². The lowest BCUT2D eigenvalue weighted by atomic mass is 10.3. The zero-order valence-corrected chi connectivity index (χ0v) is 7.04. The van der Waals surface area contributed by atoms with Crippen molar-refractivity contribution < 1.29 is 18.7 Å². The molecular weight excluding hydrogens is 163 g/mol. The highest BCUT2D eigenvalue weighted by Gasteiger charge is 2.28. The minimum atomic E-state index is -1.12. The summed E-state index contributed by atoms with van der Waals surface area (Å²) in [6, 6.07) is 0. The van der Waals surface area contributed by atoms with Crippen LogP contribution in [0.3, 0.4) is 0 Å². The Morgan fingerprint density at radius 1 is 1.83 bits per heavy atom.